The molecule has 3 aromatic carbocycles. The van der Waals surface area contributed by atoms with E-state index in [0.29, 0.717) is 22.7 Å². The molecule has 0 aliphatic carbocycles. The minimum absolute atomic E-state index is 0.0614. The zero-order chi connectivity index (χ0) is 19.5. The third-order valence-electron chi connectivity index (χ3n) is 4.66. The number of halogens is 1. The van der Waals surface area contributed by atoms with Gasteiger partial charge in [-0.2, -0.15) is 0 Å². The summed E-state index contributed by atoms with van der Waals surface area (Å²) in [5, 5.41) is 2.81. The molecular weight excluding hydrogens is 546 g/mol. The van der Waals surface area contributed by atoms with E-state index in [-0.39, 0.29) is 11.8 Å². The van der Waals surface area contributed by atoms with Crippen LogP contribution in [0.25, 0.3) is 11.1 Å². The summed E-state index contributed by atoms with van der Waals surface area (Å²) in [6.45, 7) is 0.533. The summed E-state index contributed by atoms with van der Waals surface area (Å²) >= 11 is -0.947. The van der Waals surface area contributed by atoms with Crippen LogP contribution < -0.4 is 10.2 Å². The number of anilines is 2. The van der Waals surface area contributed by atoms with Crippen molar-refractivity contribution in [1.82, 2.24) is 0 Å². The van der Waals surface area contributed by atoms with Gasteiger partial charge in [0.2, 0.25) is 0 Å². The first kappa shape index (κ1) is 18.9. The van der Waals surface area contributed by atoms with Crippen molar-refractivity contribution in [3.8, 4) is 11.1 Å². The second kappa shape index (κ2) is 8.28. The van der Waals surface area contributed by atoms with Crippen molar-refractivity contribution in [2.24, 2.45) is 0 Å². The van der Waals surface area contributed by atoms with Gasteiger partial charge in [-0.15, -0.1) is 0 Å². The van der Waals surface area contributed by atoms with E-state index >= 15 is 0 Å². The molecule has 1 N–H and O–H groups in total. The van der Waals surface area contributed by atoms with Crippen LogP contribution >= 0.6 is 9.53 Å². The van der Waals surface area contributed by atoms with Crippen LogP contribution in [-0.4, -0.2) is 11.8 Å². The number of benzene rings is 3. The van der Waals surface area contributed by atoms with E-state index in [1.165, 1.54) is 5.56 Å². The van der Waals surface area contributed by atoms with E-state index in [9.17, 15) is 9.59 Å². The topological polar surface area (TPSA) is 49.4 Å². The van der Waals surface area contributed by atoms with Gasteiger partial charge in [0.05, 0.1) is 0 Å². The number of carbonyl (C=O) groups is 2. The van der Waals surface area contributed by atoms with Gasteiger partial charge in [-0.1, -0.05) is 24.3 Å². The first-order valence-electron chi connectivity index (χ1n) is 8.76. The second-order valence-corrected chi connectivity index (χ2v) is 9.77. The zero-order valence-corrected chi connectivity index (χ0v) is 18.3. The molecule has 6 heteroatoms. The molecule has 141 valence electrons. The number of amides is 2. The first-order valence-corrected chi connectivity index (χ1v) is 14.1. The molecular formula is C22H17ClN2O2Re. The van der Waals surface area contributed by atoms with E-state index in [4.69, 9.17) is 9.53 Å². The summed E-state index contributed by atoms with van der Waals surface area (Å²) in [7, 11) is 5.73. The number of hydrogen-bond donors (Lipinski definition) is 1. The molecule has 0 spiro atoms. The van der Waals surface area contributed by atoms with Crippen LogP contribution in [0.2, 0.25) is 4.89 Å². The first-order chi connectivity index (χ1) is 13.7. The van der Waals surface area contributed by atoms with Gasteiger partial charge in [0.15, 0.2) is 0 Å². The van der Waals surface area contributed by atoms with Crippen molar-refractivity contribution in [1.29, 1.82) is 0 Å². The monoisotopic (exact) mass is 563 g/mol. The van der Waals surface area contributed by atoms with Gasteiger partial charge in [0.25, 0.3) is 0 Å². The average molecular weight is 563 g/mol. The van der Waals surface area contributed by atoms with Crippen LogP contribution in [0.4, 0.5) is 11.4 Å². The predicted molar refractivity (Wildman–Crippen MR) is 108 cm³/mol. The fraction of sp³-hybridized carbons (Fsp3) is 0.0909. The van der Waals surface area contributed by atoms with Gasteiger partial charge >= 0.3 is 152 Å². The molecule has 1 aliphatic heterocycles. The standard InChI is InChI=1S/C22H17N2O2.ClH.Re/c1-15(25)23-18-12-10-16(11-13-18)22(26)24-14-17-6-2-3-7-19(17)20-8-4-5-9-21(20)24;;/h2-13H,1,14H2,(H,23,25);1H;/q;;+1/p-1. The van der Waals surface area contributed by atoms with Crippen molar-refractivity contribution in [3.63, 3.8) is 0 Å². The Morgan fingerprint density at radius 2 is 1.61 bits per heavy atom. The normalized spacial score (nSPS) is 12.1. The number of para-hydroxylation sites is 1. The maximum atomic E-state index is 13.2. The summed E-state index contributed by atoms with van der Waals surface area (Å²) in [4.78, 5) is 27.2. The van der Waals surface area contributed by atoms with Crippen molar-refractivity contribution < 1.29 is 26.5 Å². The van der Waals surface area contributed by atoms with E-state index in [0.717, 1.165) is 16.8 Å². The van der Waals surface area contributed by atoms with Crippen LogP contribution in [0.5, 0.6) is 0 Å². The van der Waals surface area contributed by atoms with E-state index in [1.54, 1.807) is 24.3 Å². The molecule has 0 saturated carbocycles. The number of carbonyl (C=O) groups excluding carboxylic acids is 2. The molecule has 1 heterocycles. The SMILES string of the molecule is O=C([CH2][Re][Cl])Nc1ccc(C(=O)N2Cc3ccccc3-c3ccccc32)cc1. The molecule has 4 rings (SSSR count). The Kier molecular flexibility index (Phi) is 5.59. The molecule has 4 nitrogen and oxygen atoms in total. The summed E-state index contributed by atoms with van der Waals surface area (Å²) in [6.07, 6.45) is 0. The predicted octanol–water partition coefficient (Wildman–Crippen LogP) is 5.11. The Balaban J connectivity index is 1.61. The van der Waals surface area contributed by atoms with Crippen molar-refractivity contribution in [2.75, 3.05) is 10.2 Å². The van der Waals surface area contributed by atoms with Gasteiger partial charge < -0.3 is 0 Å². The quantitative estimate of drug-likeness (QED) is 0.481. The van der Waals surface area contributed by atoms with Crippen molar-refractivity contribution >= 4 is 32.7 Å². The van der Waals surface area contributed by atoms with Crippen LogP contribution in [0.3, 0.4) is 0 Å². The van der Waals surface area contributed by atoms with Crippen molar-refractivity contribution in [2.45, 2.75) is 11.4 Å². The summed E-state index contributed by atoms with van der Waals surface area (Å²) < 4.78 is 0. The molecule has 1 aliphatic rings. The Bertz CT molecular complexity index is 1040. The Hall–Kier alpha value is -2.45. The third-order valence-corrected chi connectivity index (χ3v) is 6.73. The third kappa shape index (κ3) is 3.75. The molecule has 0 radical (unpaired) electrons. The van der Waals surface area contributed by atoms with E-state index < -0.39 is 17.0 Å². The fourth-order valence-corrected chi connectivity index (χ4v) is 4.71. The van der Waals surface area contributed by atoms with E-state index in [1.807, 2.05) is 41.3 Å². The summed E-state index contributed by atoms with van der Waals surface area (Å²) in [6, 6.07) is 23.2. The van der Waals surface area contributed by atoms with Crippen LogP contribution in [-0.2, 0) is 28.3 Å². The van der Waals surface area contributed by atoms with E-state index in [2.05, 4.69) is 17.4 Å². The maximum absolute atomic E-state index is 13.2. The van der Waals surface area contributed by atoms with Gasteiger partial charge in [-0.25, -0.2) is 0 Å². The molecule has 0 atom stereocenters. The van der Waals surface area contributed by atoms with Gasteiger partial charge in [0, 0.05) is 0 Å². The average Bonchev–Trinajstić information content (AvgIpc) is 2.73. The number of nitrogens with one attached hydrogen (secondary N) is 1. The molecule has 0 unspecified atom stereocenters. The van der Waals surface area contributed by atoms with Crippen molar-refractivity contribution in [3.05, 3.63) is 83.9 Å². The van der Waals surface area contributed by atoms with Gasteiger partial charge in [-0.3, -0.25) is 0 Å². The number of hydrogen-bond acceptors (Lipinski definition) is 2. The fourth-order valence-electron chi connectivity index (χ4n) is 3.39. The molecule has 28 heavy (non-hydrogen) atoms. The molecule has 2 amide bonds. The molecule has 0 fully saturated rings. The second-order valence-electron chi connectivity index (χ2n) is 6.43. The Labute approximate surface area is 175 Å². The molecule has 0 saturated heterocycles. The van der Waals surface area contributed by atoms with Gasteiger partial charge in [-0.05, 0) is 0 Å². The Morgan fingerprint density at radius 1 is 0.929 bits per heavy atom. The summed E-state index contributed by atoms with van der Waals surface area (Å²) in [5.41, 5.74) is 5.53. The van der Waals surface area contributed by atoms with Crippen LogP contribution in [0.1, 0.15) is 15.9 Å². The molecule has 0 aromatic heterocycles. The molecule has 0 bridgehead atoms. The molecule has 3 aromatic rings. The Morgan fingerprint density at radius 3 is 2.36 bits per heavy atom. The van der Waals surface area contributed by atoms with Crippen LogP contribution in [0.15, 0.2) is 72.8 Å². The van der Waals surface area contributed by atoms with Gasteiger partial charge in [0.1, 0.15) is 0 Å². The zero-order valence-electron chi connectivity index (χ0n) is 14.9. The summed E-state index contributed by atoms with van der Waals surface area (Å²) in [5.74, 6) is -0.136. The number of rotatable bonds is 4. The number of fused-ring (bicyclic) bond motifs is 3. The minimum atomic E-state index is -0.947. The number of nitrogens with zero attached hydrogens (tertiary/aromatic N) is 1. The van der Waals surface area contributed by atoms with Crippen LogP contribution in [0, 0.1) is 0 Å².